The molecule has 0 saturated carbocycles. The van der Waals surface area contributed by atoms with Crippen molar-refractivity contribution >= 4 is 11.7 Å². The van der Waals surface area contributed by atoms with Crippen molar-refractivity contribution in [3.05, 3.63) is 58.1 Å². The lowest BCUT2D eigenvalue weighted by molar-refractivity contribution is -0.384. The average Bonchev–Trinajstić information content (AvgIpc) is 2.53. The van der Waals surface area contributed by atoms with Gasteiger partial charge in [-0.15, -0.1) is 0 Å². The third-order valence-corrected chi connectivity index (χ3v) is 3.02. The Kier molecular flexibility index (Phi) is 4.18. The third kappa shape index (κ3) is 2.84. The predicted molar refractivity (Wildman–Crippen MR) is 76.4 cm³/mol. The van der Waals surface area contributed by atoms with E-state index in [-0.39, 0.29) is 11.3 Å². The zero-order chi connectivity index (χ0) is 15.4. The van der Waals surface area contributed by atoms with Crippen molar-refractivity contribution in [1.29, 1.82) is 0 Å². The molecule has 0 fully saturated rings. The summed E-state index contributed by atoms with van der Waals surface area (Å²) in [6, 6.07) is 10.9. The van der Waals surface area contributed by atoms with Crippen LogP contribution < -0.4 is 4.74 Å². The van der Waals surface area contributed by atoms with Gasteiger partial charge in [0.05, 0.1) is 30.3 Å². The smallest absolute Gasteiger partial charge is 0.338 e. The Hall–Kier alpha value is -2.89. The van der Waals surface area contributed by atoms with Gasteiger partial charge in [-0.05, 0) is 24.3 Å². The molecular weight excluding hydrogens is 274 g/mol. The van der Waals surface area contributed by atoms with Gasteiger partial charge in [0.1, 0.15) is 5.75 Å². The van der Waals surface area contributed by atoms with E-state index in [1.165, 1.54) is 26.4 Å². The number of nitro benzene ring substituents is 1. The normalized spacial score (nSPS) is 10.0. The van der Waals surface area contributed by atoms with Crippen molar-refractivity contribution in [2.45, 2.75) is 0 Å². The molecule has 0 atom stereocenters. The average molecular weight is 287 g/mol. The maximum absolute atomic E-state index is 11.9. The van der Waals surface area contributed by atoms with E-state index in [2.05, 4.69) is 0 Å². The van der Waals surface area contributed by atoms with Crippen molar-refractivity contribution in [2.75, 3.05) is 14.2 Å². The molecule has 0 saturated heterocycles. The summed E-state index contributed by atoms with van der Waals surface area (Å²) < 4.78 is 9.85. The predicted octanol–water partition coefficient (Wildman–Crippen LogP) is 3.06. The first kappa shape index (κ1) is 14.5. The fourth-order valence-electron chi connectivity index (χ4n) is 2.02. The minimum absolute atomic E-state index is 0.0871. The molecule has 0 unspecified atom stereocenters. The van der Waals surface area contributed by atoms with Crippen molar-refractivity contribution in [3.8, 4) is 16.9 Å². The molecule has 6 heteroatoms. The second-order valence-electron chi connectivity index (χ2n) is 4.18. The highest BCUT2D eigenvalue weighted by molar-refractivity contribution is 5.99. The topological polar surface area (TPSA) is 78.7 Å². The molecule has 2 aromatic carbocycles. The number of carbonyl (C=O) groups is 1. The number of esters is 1. The molecule has 0 aliphatic heterocycles. The second-order valence-corrected chi connectivity index (χ2v) is 4.18. The van der Waals surface area contributed by atoms with Gasteiger partial charge < -0.3 is 9.47 Å². The van der Waals surface area contributed by atoms with Crippen LogP contribution in [-0.4, -0.2) is 25.1 Å². The number of ether oxygens (including phenoxy) is 2. The number of hydrogen-bond acceptors (Lipinski definition) is 5. The lowest BCUT2D eigenvalue weighted by Gasteiger charge is -2.10. The van der Waals surface area contributed by atoms with E-state index in [1.54, 1.807) is 30.3 Å². The molecule has 0 bridgehead atoms. The van der Waals surface area contributed by atoms with E-state index in [1.807, 2.05) is 0 Å². The van der Waals surface area contributed by atoms with E-state index in [4.69, 9.17) is 9.47 Å². The summed E-state index contributed by atoms with van der Waals surface area (Å²) in [7, 11) is 2.74. The van der Waals surface area contributed by atoms with Crippen LogP contribution in [0.4, 0.5) is 5.69 Å². The Morgan fingerprint density at radius 3 is 2.43 bits per heavy atom. The minimum atomic E-state index is -0.564. The van der Waals surface area contributed by atoms with Crippen molar-refractivity contribution in [1.82, 2.24) is 0 Å². The van der Waals surface area contributed by atoms with E-state index < -0.39 is 10.9 Å². The molecule has 108 valence electrons. The standard InChI is InChI=1S/C15H13NO5/c1-20-10-7-8-12(15(17)21-2)13(9-10)11-5-3-4-6-14(11)16(18)19/h3-9H,1-2H3. The van der Waals surface area contributed by atoms with Crippen molar-refractivity contribution in [2.24, 2.45) is 0 Å². The van der Waals surface area contributed by atoms with Gasteiger partial charge in [0, 0.05) is 11.6 Å². The quantitative estimate of drug-likeness (QED) is 0.490. The number of nitro groups is 1. The number of benzene rings is 2. The van der Waals surface area contributed by atoms with Crippen LogP contribution in [0.5, 0.6) is 5.75 Å². The van der Waals surface area contributed by atoms with Crippen LogP contribution in [0.3, 0.4) is 0 Å². The van der Waals surface area contributed by atoms with Gasteiger partial charge in [-0.25, -0.2) is 4.79 Å². The van der Waals surface area contributed by atoms with Gasteiger partial charge >= 0.3 is 5.97 Å². The molecule has 6 nitrogen and oxygen atoms in total. The first-order chi connectivity index (χ1) is 10.1. The van der Waals surface area contributed by atoms with Crippen LogP contribution in [-0.2, 0) is 4.74 Å². The molecule has 0 spiro atoms. The molecule has 0 aliphatic rings. The Bertz CT molecular complexity index is 696. The SMILES string of the molecule is COC(=O)c1ccc(OC)cc1-c1ccccc1[N+](=O)[O-]. The molecule has 0 heterocycles. The van der Waals surface area contributed by atoms with E-state index in [9.17, 15) is 14.9 Å². The van der Waals surface area contributed by atoms with Gasteiger partial charge in [0.2, 0.25) is 0 Å². The molecule has 0 N–H and O–H groups in total. The molecule has 0 amide bonds. The number of para-hydroxylation sites is 1. The van der Waals surface area contributed by atoms with E-state index in [0.29, 0.717) is 16.9 Å². The number of rotatable bonds is 4. The number of carbonyl (C=O) groups excluding carboxylic acids is 1. The molecule has 0 aliphatic carbocycles. The molecular formula is C15H13NO5. The van der Waals surface area contributed by atoms with Crippen LogP contribution >= 0.6 is 0 Å². The molecule has 2 aromatic rings. The van der Waals surface area contributed by atoms with Crippen LogP contribution in [0, 0.1) is 10.1 Å². The number of hydrogen-bond donors (Lipinski definition) is 0. The number of methoxy groups -OCH3 is 2. The van der Waals surface area contributed by atoms with Gasteiger partial charge in [-0.3, -0.25) is 10.1 Å². The summed E-state index contributed by atoms with van der Waals surface area (Å²) >= 11 is 0. The Morgan fingerprint density at radius 2 is 1.81 bits per heavy atom. The summed E-state index contributed by atoms with van der Waals surface area (Å²) in [5.74, 6) is -0.0680. The highest BCUT2D eigenvalue weighted by atomic mass is 16.6. The fourth-order valence-corrected chi connectivity index (χ4v) is 2.02. The van der Waals surface area contributed by atoms with Crippen LogP contribution in [0.15, 0.2) is 42.5 Å². The monoisotopic (exact) mass is 287 g/mol. The highest BCUT2D eigenvalue weighted by Crippen LogP contribution is 2.34. The van der Waals surface area contributed by atoms with Crippen LogP contribution in [0.25, 0.3) is 11.1 Å². The summed E-state index contributed by atoms with van der Waals surface area (Å²) in [5, 5.41) is 11.2. The van der Waals surface area contributed by atoms with Crippen LogP contribution in [0.1, 0.15) is 10.4 Å². The van der Waals surface area contributed by atoms with Gasteiger partial charge in [-0.1, -0.05) is 12.1 Å². The minimum Gasteiger partial charge on any atom is -0.497 e. The molecule has 0 radical (unpaired) electrons. The third-order valence-electron chi connectivity index (χ3n) is 3.02. The summed E-state index contributed by atoms with van der Waals surface area (Å²) in [6.07, 6.45) is 0. The summed E-state index contributed by atoms with van der Waals surface area (Å²) in [6.45, 7) is 0. The van der Waals surface area contributed by atoms with Crippen molar-refractivity contribution < 1.29 is 19.2 Å². The maximum Gasteiger partial charge on any atom is 0.338 e. The van der Waals surface area contributed by atoms with Gasteiger partial charge in [-0.2, -0.15) is 0 Å². The zero-order valence-electron chi connectivity index (χ0n) is 11.5. The lowest BCUT2D eigenvalue weighted by atomic mass is 9.98. The lowest BCUT2D eigenvalue weighted by Crippen LogP contribution is -2.04. The molecule has 2 rings (SSSR count). The first-order valence-corrected chi connectivity index (χ1v) is 6.08. The number of nitrogens with zero attached hydrogens (tertiary/aromatic N) is 1. The molecule has 0 aromatic heterocycles. The van der Waals surface area contributed by atoms with E-state index >= 15 is 0 Å². The zero-order valence-corrected chi connectivity index (χ0v) is 11.5. The molecule has 21 heavy (non-hydrogen) atoms. The van der Waals surface area contributed by atoms with Gasteiger partial charge in [0.25, 0.3) is 5.69 Å². The largest absolute Gasteiger partial charge is 0.497 e. The fraction of sp³-hybridized carbons (Fsp3) is 0.133. The Morgan fingerprint density at radius 1 is 1.10 bits per heavy atom. The summed E-state index contributed by atoms with van der Waals surface area (Å²) in [4.78, 5) is 22.5. The van der Waals surface area contributed by atoms with Gasteiger partial charge in [0.15, 0.2) is 0 Å². The van der Waals surface area contributed by atoms with Crippen LogP contribution in [0.2, 0.25) is 0 Å². The Balaban J connectivity index is 2.72. The van der Waals surface area contributed by atoms with E-state index in [0.717, 1.165) is 0 Å². The van der Waals surface area contributed by atoms with Crippen molar-refractivity contribution in [3.63, 3.8) is 0 Å². The first-order valence-electron chi connectivity index (χ1n) is 6.08. The second kappa shape index (κ2) is 6.04. The summed E-state index contributed by atoms with van der Waals surface area (Å²) in [5.41, 5.74) is 0.888. The maximum atomic E-state index is 11.9. The highest BCUT2D eigenvalue weighted by Gasteiger charge is 2.21. The Labute approximate surface area is 121 Å².